The normalized spacial score (nSPS) is 12.6. The number of hydrogen-bond donors (Lipinski definition) is 0. The van der Waals surface area contributed by atoms with Crippen LogP contribution < -0.4 is 0 Å². The smallest absolute Gasteiger partial charge is 0.374 e. The van der Waals surface area contributed by atoms with Crippen molar-refractivity contribution in [3.05, 3.63) is 35.1 Å². The second kappa shape index (κ2) is 5.45. The number of aryl methyl sites for hydroxylation is 1. The van der Waals surface area contributed by atoms with Gasteiger partial charge in [0.15, 0.2) is 0 Å². The zero-order chi connectivity index (χ0) is 14.0. The molecule has 4 nitrogen and oxygen atoms in total. The Labute approximate surface area is 112 Å². The SMILES string of the molecule is CCOC(=O)c1oc2cccc(C(C)OC)c2c1C. The molecule has 0 aliphatic carbocycles. The number of furan rings is 1. The molecule has 1 aromatic carbocycles. The third kappa shape index (κ3) is 2.36. The van der Waals surface area contributed by atoms with Crippen molar-refractivity contribution < 1.29 is 18.7 Å². The molecule has 0 spiro atoms. The van der Waals surface area contributed by atoms with Crippen molar-refractivity contribution in [1.29, 1.82) is 0 Å². The van der Waals surface area contributed by atoms with Crippen molar-refractivity contribution in [2.45, 2.75) is 26.9 Å². The van der Waals surface area contributed by atoms with Gasteiger partial charge in [0, 0.05) is 18.1 Å². The van der Waals surface area contributed by atoms with Crippen LogP contribution in [-0.2, 0) is 9.47 Å². The van der Waals surface area contributed by atoms with Gasteiger partial charge in [0.25, 0.3) is 0 Å². The molecule has 0 aliphatic heterocycles. The number of hydrogen-bond acceptors (Lipinski definition) is 4. The number of ether oxygens (including phenoxy) is 2. The molecule has 1 heterocycles. The molecule has 2 rings (SSSR count). The number of fused-ring (bicyclic) bond motifs is 1. The Bertz CT molecular complexity index is 597. The fourth-order valence-electron chi connectivity index (χ4n) is 2.19. The van der Waals surface area contributed by atoms with E-state index in [9.17, 15) is 4.79 Å². The third-order valence-corrected chi connectivity index (χ3v) is 3.24. The van der Waals surface area contributed by atoms with Crippen LogP contribution in [0.3, 0.4) is 0 Å². The van der Waals surface area contributed by atoms with Gasteiger partial charge in [-0.3, -0.25) is 0 Å². The standard InChI is InChI=1S/C15H18O4/c1-5-18-15(16)14-9(2)13-11(10(3)17-4)7-6-8-12(13)19-14/h6-8,10H,5H2,1-4H3. The Hall–Kier alpha value is -1.81. The van der Waals surface area contributed by atoms with E-state index in [-0.39, 0.29) is 11.9 Å². The van der Waals surface area contributed by atoms with E-state index in [1.165, 1.54) is 0 Å². The van der Waals surface area contributed by atoms with Gasteiger partial charge in [-0.15, -0.1) is 0 Å². The van der Waals surface area contributed by atoms with E-state index < -0.39 is 5.97 Å². The first-order chi connectivity index (χ1) is 9.10. The quantitative estimate of drug-likeness (QED) is 0.789. The minimum absolute atomic E-state index is 0.0601. The molecule has 0 bridgehead atoms. The van der Waals surface area contributed by atoms with Gasteiger partial charge in [0.1, 0.15) is 5.58 Å². The van der Waals surface area contributed by atoms with E-state index in [4.69, 9.17) is 13.9 Å². The van der Waals surface area contributed by atoms with Gasteiger partial charge >= 0.3 is 5.97 Å². The van der Waals surface area contributed by atoms with Gasteiger partial charge in [-0.2, -0.15) is 0 Å². The summed E-state index contributed by atoms with van der Waals surface area (Å²) < 4.78 is 16.0. The van der Waals surface area contributed by atoms with Gasteiger partial charge < -0.3 is 13.9 Å². The first-order valence-electron chi connectivity index (χ1n) is 6.32. The zero-order valence-corrected chi connectivity index (χ0v) is 11.6. The van der Waals surface area contributed by atoms with Crippen molar-refractivity contribution in [2.24, 2.45) is 0 Å². The summed E-state index contributed by atoms with van der Waals surface area (Å²) in [6, 6.07) is 5.72. The average molecular weight is 262 g/mol. The number of carbonyl (C=O) groups excluding carboxylic acids is 1. The summed E-state index contributed by atoms with van der Waals surface area (Å²) in [6.07, 6.45) is -0.0601. The van der Waals surface area contributed by atoms with Crippen LogP contribution in [0.15, 0.2) is 22.6 Å². The van der Waals surface area contributed by atoms with Gasteiger partial charge in [-0.25, -0.2) is 4.79 Å². The van der Waals surface area contributed by atoms with Crippen LogP contribution in [0.25, 0.3) is 11.0 Å². The number of esters is 1. The maximum absolute atomic E-state index is 11.8. The van der Waals surface area contributed by atoms with E-state index in [1.807, 2.05) is 32.0 Å². The van der Waals surface area contributed by atoms with Gasteiger partial charge in [0.2, 0.25) is 5.76 Å². The number of rotatable bonds is 4. The first-order valence-corrected chi connectivity index (χ1v) is 6.32. The Morgan fingerprint density at radius 2 is 2.16 bits per heavy atom. The van der Waals surface area contributed by atoms with E-state index in [0.29, 0.717) is 12.2 Å². The molecule has 0 saturated carbocycles. The van der Waals surface area contributed by atoms with Crippen LogP contribution in [0.1, 0.15) is 41.6 Å². The van der Waals surface area contributed by atoms with Gasteiger partial charge in [0.05, 0.1) is 12.7 Å². The van der Waals surface area contributed by atoms with Crippen LogP contribution in [0.5, 0.6) is 0 Å². The maximum Gasteiger partial charge on any atom is 0.374 e. The van der Waals surface area contributed by atoms with Crippen molar-refractivity contribution >= 4 is 16.9 Å². The lowest BCUT2D eigenvalue weighted by atomic mass is 10.0. The van der Waals surface area contributed by atoms with E-state index >= 15 is 0 Å². The van der Waals surface area contributed by atoms with Crippen molar-refractivity contribution in [3.8, 4) is 0 Å². The monoisotopic (exact) mass is 262 g/mol. The van der Waals surface area contributed by atoms with Crippen LogP contribution in [0, 0.1) is 6.92 Å². The molecule has 0 radical (unpaired) electrons. The first kappa shape index (κ1) is 13.6. The molecule has 0 aliphatic rings. The lowest BCUT2D eigenvalue weighted by Crippen LogP contribution is -2.04. The Morgan fingerprint density at radius 1 is 1.42 bits per heavy atom. The molecule has 0 amide bonds. The summed E-state index contributed by atoms with van der Waals surface area (Å²) in [6.45, 7) is 5.93. The minimum Gasteiger partial charge on any atom is -0.460 e. The average Bonchev–Trinajstić information content (AvgIpc) is 2.76. The highest BCUT2D eigenvalue weighted by atomic mass is 16.5. The summed E-state index contributed by atoms with van der Waals surface area (Å²) in [5.74, 6) is -0.153. The van der Waals surface area contributed by atoms with Crippen LogP contribution in [0.2, 0.25) is 0 Å². The van der Waals surface area contributed by atoms with Crippen molar-refractivity contribution in [1.82, 2.24) is 0 Å². The second-order valence-electron chi connectivity index (χ2n) is 4.37. The lowest BCUT2D eigenvalue weighted by molar-refractivity contribution is 0.0491. The van der Waals surface area contributed by atoms with Gasteiger partial charge in [-0.1, -0.05) is 12.1 Å². The van der Waals surface area contributed by atoms with Crippen LogP contribution in [0.4, 0.5) is 0 Å². The molecular formula is C15H18O4. The number of methoxy groups -OCH3 is 1. The second-order valence-corrected chi connectivity index (χ2v) is 4.37. The highest BCUT2D eigenvalue weighted by Crippen LogP contribution is 2.32. The molecular weight excluding hydrogens is 244 g/mol. The maximum atomic E-state index is 11.8. The minimum atomic E-state index is -0.424. The Morgan fingerprint density at radius 3 is 2.79 bits per heavy atom. The van der Waals surface area contributed by atoms with Gasteiger partial charge in [-0.05, 0) is 32.4 Å². The molecule has 102 valence electrons. The molecule has 0 fully saturated rings. The number of carbonyl (C=O) groups is 1. The predicted octanol–water partition coefficient (Wildman–Crippen LogP) is 3.63. The topological polar surface area (TPSA) is 48.7 Å². The molecule has 1 unspecified atom stereocenters. The Balaban J connectivity index is 2.60. The van der Waals surface area contributed by atoms with E-state index in [1.54, 1.807) is 14.0 Å². The summed E-state index contributed by atoms with van der Waals surface area (Å²) in [4.78, 5) is 11.8. The molecule has 0 N–H and O–H groups in total. The van der Waals surface area contributed by atoms with Crippen molar-refractivity contribution in [3.63, 3.8) is 0 Å². The largest absolute Gasteiger partial charge is 0.460 e. The summed E-state index contributed by atoms with van der Waals surface area (Å²) in [5, 5.41) is 0.930. The summed E-state index contributed by atoms with van der Waals surface area (Å²) in [7, 11) is 1.66. The molecule has 2 aromatic rings. The van der Waals surface area contributed by atoms with Crippen LogP contribution in [-0.4, -0.2) is 19.7 Å². The highest BCUT2D eigenvalue weighted by Gasteiger charge is 2.21. The van der Waals surface area contributed by atoms with E-state index in [0.717, 1.165) is 16.5 Å². The molecule has 19 heavy (non-hydrogen) atoms. The highest BCUT2D eigenvalue weighted by molar-refractivity contribution is 5.97. The van der Waals surface area contributed by atoms with Crippen LogP contribution >= 0.6 is 0 Å². The summed E-state index contributed by atoms with van der Waals surface area (Å²) >= 11 is 0. The third-order valence-electron chi connectivity index (χ3n) is 3.24. The number of benzene rings is 1. The fourth-order valence-corrected chi connectivity index (χ4v) is 2.19. The predicted molar refractivity (Wildman–Crippen MR) is 72.3 cm³/mol. The van der Waals surface area contributed by atoms with Crippen molar-refractivity contribution in [2.75, 3.05) is 13.7 Å². The summed E-state index contributed by atoms with van der Waals surface area (Å²) in [5.41, 5.74) is 2.49. The molecule has 0 saturated heterocycles. The fraction of sp³-hybridized carbons (Fsp3) is 0.400. The zero-order valence-electron chi connectivity index (χ0n) is 11.6. The molecule has 1 atom stereocenters. The lowest BCUT2D eigenvalue weighted by Gasteiger charge is -2.11. The molecule has 4 heteroatoms. The van der Waals surface area contributed by atoms with E-state index in [2.05, 4.69) is 0 Å². The Kier molecular flexibility index (Phi) is 3.90. The molecule has 1 aromatic heterocycles.